The van der Waals surface area contributed by atoms with Gasteiger partial charge in [0.05, 0.1) is 6.17 Å². The van der Waals surface area contributed by atoms with Crippen LogP contribution in [-0.4, -0.2) is 48.5 Å². The van der Waals surface area contributed by atoms with E-state index in [1.807, 2.05) is 0 Å². The Labute approximate surface area is 190 Å². The largest absolute Gasteiger partial charge is 0.490 e. The summed E-state index contributed by atoms with van der Waals surface area (Å²) in [5.74, 6) is -2.76. The Morgan fingerprint density at radius 2 is 1.81 bits per heavy atom. The first-order valence-corrected chi connectivity index (χ1v) is 10.9. The van der Waals surface area contributed by atoms with Gasteiger partial charge in [-0.25, -0.2) is 4.79 Å². The molecule has 0 bridgehead atoms. The maximum Gasteiger partial charge on any atom is 0.490 e. The Bertz CT molecular complexity index is 874. The summed E-state index contributed by atoms with van der Waals surface area (Å²) in [4.78, 5) is 14.1. The number of carboxylic acids is 1. The minimum Gasteiger partial charge on any atom is -0.475 e. The number of alkyl halides is 3. The molecule has 2 aliphatic rings. The molecule has 172 valence electrons. The highest BCUT2D eigenvalue weighted by molar-refractivity contribution is 9.10. The molecule has 4 nitrogen and oxygen atoms in total. The maximum absolute atomic E-state index is 10.6. The summed E-state index contributed by atoms with van der Waals surface area (Å²) in [6, 6.07) is 6.88. The number of hydrogen-bond donors (Lipinski definition) is 1. The molecule has 0 aromatic heterocycles. The Morgan fingerprint density at radius 1 is 1.23 bits per heavy atom. The molecule has 1 aromatic carbocycles. The Balaban J connectivity index is 0.000000423. The minimum atomic E-state index is -5.08. The smallest absolute Gasteiger partial charge is 0.475 e. The highest BCUT2D eigenvalue weighted by atomic mass is 79.9. The van der Waals surface area contributed by atoms with E-state index in [0.717, 1.165) is 13.0 Å². The van der Waals surface area contributed by atoms with Gasteiger partial charge in [0.1, 0.15) is 0 Å². The molecule has 2 atom stereocenters. The van der Waals surface area contributed by atoms with Crippen molar-refractivity contribution >= 4 is 27.6 Å². The molecule has 0 aliphatic carbocycles. The molecule has 3 rings (SSSR count). The summed E-state index contributed by atoms with van der Waals surface area (Å²) in [6.45, 7) is 10.9. The lowest BCUT2D eigenvalue weighted by Crippen LogP contribution is -2.48. The first-order chi connectivity index (χ1) is 14.3. The minimum absolute atomic E-state index is 0.220. The van der Waals surface area contributed by atoms with Gasteiger partial charge in [-0.2, -0.15) is 13.2 Å². The number of halogens is 4. The lowest BCUT2D eigenvalue weighted by molar-refractivity contribution is -0.192. The third kappa shape index (κ3) is 5.71. The van der Waals surface area contributed by atoms with Crippen LogP contribution in [0.4, 0.5) is 18.9 Å². The molecule has 2 aliphatic heterocycles. The van der Waals surface area contributed by atoms with Gasteiger partial charge in [-0.1, -0.05) is 45.3 Å². The predicted octanol–water partition coefficient (Wildman–Crippen LogP) is 6.12. The molecule has 0 amide bonds. The molecular formula is C23H30BrF3N2O2. The standard InChI is InChI=1S/C21H29BrN2.C2HF3O2/c1-15(2)8-10-21-11-13-23(5)20(21)24(12-9-16(3)4)19-14-17(22)6-7-18(19)21;3-2(4,5)1(6)7/h6-9,14,20H,10-13H2,1-5H3;(H,6,7)/t20-,21+;/m1./s1. The summed E-state index contributed by atoms with van der Waals surface area (Å²) >= 11 is 3.68. The van der Waals surface area contributed by atoms with Crippen molar-refractivity contribution in [3.63, 3.8) is 0 Å². The number of allylic oxidation sites excluding steroid dienone is 3. The van der Waals surface area contributed by atoms with Crippen molar-refractivity contribution in [1.82, 2.24) is 4.90 Å². The SMILES string of the molecule is CC(C)=CCN1c2cc(Br)ccc2[C@]2(CC=C(C)C)CCN(C)[C@H]12.O=C(O)C(F)(F)F. The van der Waals surface area contributed by atoms with E-state index in [2.05, 4.69) is 90.8 Å². The fourth-order valence-corrected chi connectivity index (χ4v) is 4.69. The zero-order valence-electron chi connectivity index (χ0n) is 18.6. The van der Waals surface area contributed by atoms with Crippen molar-refractivity contribution in [2.24, 2.45) is 0 Å². The van der Waals surface area contributed by atoms with Gasteiger partial charge < -0.3 is 10.0 Å². The van der Waals surface area contributed by atoms with E-state index >= 15 is 0 Å². The molecule has 1 saturated heterocycles. The van der Waals surface area contributed by atoms with Crippen molar-refractivity contribution in [2.75, 3.05) is 25.0 Å². The van der Waals surface area contributed by atoms with Crippen LogP contribution in [0.3, 0.4) is 0 Å². The third-order valence-corrected chi connectivity index (χ3v) is 6.23. The zero-order valence-corrected chi connectivity index (χ0v) is 20.1. The molecule has 0 unspecified atom stereocenters. The summed E-state index contributed by atoms with van der Waals surface area (Å²) in [5.41, 5.74) is 5.95. The number of benzene rings is 1. The lowest BCUT2D eigenvalue weighted by Gasteiger charge is -2.36. The molecule has 1 fully saturated rings. The van der Waals surface area contributed by atoms with Crippen LogP contribution < -0.4 is 4.90 Å². The maximum atomic E-state index is 10.6. The van der Waals surface area contributed by atoms with Gasteiger partial charge in [-0.3, -0.25) is 4.90 Å². The van der Waals surface area contributed by atoms with Crippen molar-refractivity contribution < 1.29 is 23.1 Å². The molecular weight excluding hydrogens is 473 g/mol. The van der Waals surface area contributed by atoms with E-state index in [1.165, 1.54) is 39.8 Å². The van der Waals surface area contributed by atoms with Crippen molar-refractivity contribution in [2.45, 2.75) is 58.3 Å². The van der Waals surface area contributed by atoms with Gasteiger partial charge in [0.2, 0.25) is 0 Å². The number of nitrogens with zero attached hydrogens (tertiary/aromatic N) is 2. The van der Waals surface area contributed by atoms with Crippen LogP contribution in [0.25, 0.3) is 0 Å². The second-order valence-corrected chi connectivity index (χ2v) is 9.56. The van der Waals surface area contributed by atoms with Crippen LogP contribution in [0.1, 0.15) is 46.1 Å². The number of aliphatic carboxylic acids is 1. The summed E-state index contributed by atoms with van der Waals surface area (Å²) in [7, 11) is 2.28. The number of likely N-dealkylation sites (tertiary alicyclic amines) is 1. The van der Waals surface area contributed by atoms with Gasteiger partial charge in [-0.05, 0) is 65.3 Å². The first kappa shape index (κ1) is 25.5. The summed E-state index contributed by atoms with van der Waals surface area (Å²) in [5, 5.41) is 7.12. The van der Waals surface area contributed by atoms with E-state index in [-0.39, 0.29) is 5.41 Å². The zero-order chi connectivity index (χ0) is 23.6. The van der Waals surface area contributed by atoms with E-state index in [0.29, 0.717) is 6.17 Å². The van der Waals surface area contributed by atoms with Gasteiger partial charge in [0, 0.05) is 28.7 Å². The van der Waals surface area contributed by atoms with Crippen LogP contribution >= 0.6 is 15.9 Å². The Morgan fingerprint density at radius 3 is 2.32 bits per heavy atom. The number of likely N-dealkylation sites (N-methyl/N-ethyl adjacent to an activating group) is 1. The second kappa shape index (κ2) is 9.77. The normalized spacial score (nSPS) is 22.2. The van der Waals surface area contributed by atoms with Gasteiger partial charge >= 0.3 is 12.1 Å². The monoisotopic (exact) mass is 502 g/mol. The molecule has 2 heterocycles. The highest BCUT2D eigenvalue weighted by Gasteiger charge is 2.55. The number of anilines is 1. The van der Waals surface area contributed by atoms with Gasteiger partial charge in [0.25, 0.3) is 0 Å². The van der Waals surface area contributed by atoms with E-state index in [9.17, 15) is 13.2 Å². The van der Waals surface area contributed by atoms with E-state index < -0.39 is 12.1 Å². The molecule has 0 saturated carbocycles. The van der Waals surface area contributed by atoms with Gasteiger partial charge in [-0.15, -0.1) is 0 Å². The number of fused-ring (bicyclic) bond motifs is 3. The lowest BCUT2D eigenvalue weighted by atomic mass is 9.76. The molecule has 0 spiro atoms. The van der Waals surface area contributed by atoms with Crippen LogP contribution in [-0.2, 0) is 10.2 Å². The van der Waals surface area contributed by atoms with Crippen molar-refractivity contribution in [1.29, 1.82) is 0 Å². The quantitative estimate of drug-likeness (QED) is 0.503. The Kier molecular flexibility index (Phi) is 8.03. The molecule has 1 aromatic rings. The molecule has 31 heavy (non-hydrogen) atoms. The fraction of sp³-hybridized carbons (Fsp3) is 0.522. The molecule has 8 heteroatoms. The summed E-state index contributed by atoms with van der Waals surface area (Å²) in [6.07, 6.45) is 2.52. The number of hydrogen-bond acceptors (Lipinski definition) is 3. The van der Waals surface area contributed by atoms with E-state index in [4.69, 9.17) is 9.90 Å². The average Bonchev–Trinajstić information content (AvgIpc) is 3.11. The number of carboxylic acid groups (broad SMARTS) is 1. The highest BCUT2D eigenvalue weighted by Crippen LogP contribution is 2.54. The van der Waals surface area contributed by atoms with E-state index in [1.54, 1.807) is 0 Å². The third-order valence-electron chi connectivity index (χ3n) is 5.74. The topological polar surface area (TPSA) is 43.8 Å². The second-order valence-electron chi connectivity index (χ2n) is 8.64. The number of rotatable bonds is 4. The van der Waals surface area contributed by atoms with Crippen molar-refractivity contribution in [3.05, 3.63) is 51.5 Å². The van der Waals surface area contributed by atoms with Crippen LogP contribution in [0.2, 0.25) is 0 Å². The molecule has 0 radical (unpaired) electrons. The molecule has 1 N–H and O–H groups in total. The predicted molar refractivity (Wildman–Crippen MR) is 121 cm³/mol. The van der Waals surface area contributed by atoms with Crippen LogP contribution in [0.15, 0.2) is 46.0 Å². The van der Waals surface area contributed by atoms with Crippen molar-refractivity contribution in [3.8, 4) is 0 Å². The van der Waals surface area contributed by atoms with Crippen LogP contribution in [0.5, 0.6) is 0 Å². The Hall–Kier alpha value is -1.80. The summed E-state index contributed by atoms with van der Waals surface area (Å²) < 4.78 is 32.9. The fourth-order valence-electron chi connectivity index (χ4n) is 4.34. The van der Waals surface area contributed by atoms with Crippen LogP contribution in [0, 0.1) is 0 Å². The van der Waals surface area contributed by atoms with Gasteiger partial charge in [0.15, 0.2) is 0 Å². The average molecular weight is 503 g/mol. The number of carbonyl (C=O) groups is 1. The first-order valence-electron chi connectivity index (χ1n) is 10.1.